The Hall–Kier alpha value is -2.25. The summed E-state index contributed by atoms with van der Waals surface area (Å²) < 4.78 is 6.12. The zero-order chi connectivity index (χ0) is 20.8. The number of likely N-dealkylation sites (tertiary alicyclic amines) is 1. The van der Waals surface area contributed by atoms with Gasteiger partial charge in [-0.05, 0) is 37.8 Å². The number of aliphatic hydroxyl groups is 1. The van der Waals surface area contributed by atoms with Crippen LogP contribution in [-0.4, -0.2) is 64.5 Å². The number of nitrogens with one attached hydrogen (secondary N) is 1. The van der Waals surface area contributed by atoms with Gasteiger partial charge in [-0.2, -0.15) is 0 Å². The first kappa shape index (κ1) is 20.0. The van der Waals surface area contributed by atoms with Crippen LogP contribution in [0.3, 0.4) is 0 Å². The molecule has 0 aromatic heterocycles. The smallest absolute Gasteiger partial charge is 0.254 e. The Bertz CT molecular complexity index is 855. The van der Waals surface area contributed by atoms with Gasteiger partial charge in [0, 0.05) is 44.0 Å². The summed E-state index contributed by atoms with van der Waals surface area (Å²) >= 11 is 0. The maximum absolute atomic E-state index is 13.1. The summed E-state index contributed by atoms with van der Waals surface area (Å²) in [6.45, 7) is 4.50. The second-order valence-corrected chi connectivity index (χ2v) is 8.83. The minimum Gasteiger partial charge on any atom is -0.388 e. The molecule has 1 aliphatic carbocycles. The van der Waals surface area contributed by atoms with Gasteiger partial charge in [-0.15, -0.1) is 0 Å². The molecule has 1 aromatic carbocycles. The Kier molecular flexibility index (Phi) is 4.99. The number of carbonyl (C=O) groups excluding carboxylic acids is 3. The van der Waals surface area contributed by atoms with Gasteiger partial charge < -0.3 is 20.1 Å². The van der Waals surface area contributed by atoms with Crippen molar-refractivity contribution in [2.24, 2.45) is 0 Å². The molecule has 2 amide bonds. The molecule has 3 aliphatic rings. The molecule has 2 fully saturated rings. The van der Waals surface area contributed by atoms with Crippen molar-refractivity contribution in [3.63, 3.8) is 0 Å². The summed E-state index contributed by atoms with van der Waals surface area (Å²) in [6.07, 6.45) is 2.79. The van der Waals surface area contributed by atoms with E-state index in [1.807, 2.05) is 11.0 Å². The van der Waals surface area contributed by atoms with Gasteiger partial charge >= 0.3 is 0 Å². The van der Waals surface area contributed by atoms with E-state index in [-0.39, 0.29) is 24.2 Å². The molecule has 0 radical (unpaired) electrons. The number of amides is 2. The molecular formula is C22H28N2O5. The number of fused-ring (bicyclic) bond motifs is 1. The summed E-state index contributed by atoms with van der Waals surface area (Å²) in [5.41, 5.74) is 0.643. The number of rotatable bonds is 2. The normalized spacial score (nSPS) is 28.3. The van der Waals surface area contributed by atoms with Crippen molar-refractivity contribution in [2.75, 3.05) is 19.7 Å². The van der Waals surface area contributed by atoms with Gasteiger partial charge in [0.2, 0.25) is 5.91 Å². The molecule has 7 nitrogen and oxygen atoms in total. The molecule has 29 heavy (non-hydrogen) atoms. The predicted octanol–water partition coefficient (Wildman–Crippen LogP) is 1.47. The number of hydrogen-bond donors (Lipinski definition) is 2. The molecule has 2 saturated heterocycles. The van der Waals surface area contributed by atoms with Crippen LogP contribution in [0.2, 0.25) is 0 Å². The van der Waals surface area contributed by atoms with E-state index in [0.717, 1.165) is 5.56 Å². The topological polar surface area (TPSA) is 95.9 Å². The average Bonchev–Trinajstić information content (AvgIpc) is 3.05. The molecule has 1 aromatic rings. The summed E-state index contributed by atoms with van der Waals surface area (Å²) in [5.74, 6) is -0.118. The van der Waals surface area contributed by atoms with Crippen LogP contribution in [0.4, 0.5) is 0 Å². The molecule has 0 unspecified atom stereocenters. The third-order valence-corrected chi connectivity index (χ3v) is 6.64. The molecular weight excluding hydrogens is 372 g/mol. The SMILES string of the molecule is CC(=O)N[C@H]1COC2(CCN(C(=O)c3cccc4c3CCC4=O)CC2)C[C@]1(C)O. The Morgan fingerprint density at radius 1 is 1.24 bits per heavy atom. The lowest BCUT2D eigenvalue weighted by molar-refractivity contribution is -0.187. The summed E-state index contributed by atoms with van der Waals surface area (Å²) in [7, 11) is 0. The van der Waals surface area contributed by atoms with E-state index in [0.29, 0.717) is 56.3 Å². The second kappa shape index (κ2) is 7.22. The van der Waals surface area contributed by atoms with Crippen molar-refractivity contribution >= 4 is 17.6 Å². The standard InChI is InChI=1S/C22H28N2O5/c1-14(25)23-19-12-29-22(13-21(19,2)28)8-10-24(11-9-22)20(27)17-5-3-4-16-15(17)6-7-18(16)26/h3-5,19,28H,6-13H2,1-2H3,(H,23,25)/t19-,21-/m0/s1. The van der Waals surface area contributed by atoms with Crippen LogP contribution in [0.1, 0.15) is 65.8 Å². The highest BCUT2D eigenvalue weighted by molar-refractivity contribution is 6.05. The van der Waals surface area contributed by atoms with Crippen LogP contribution in [-0.2, 0) is 16.0 Å². The molecule has 1 spiro atoms. The van der Waals surface area contributed by atoms with Crippen LogP contribution in [0.15, 0.2) is 18.2 Å². The molecule has 7 heteroatoms. The predicted molar refractivity (Wildman–Crippen MR) is 106 cm³/mol. The zero-order valence-corrected chi connectivity index (χ0v) is 17.0. The second-order valence-electron chi connectivity index (χ2n) is 8.83. The number of ketones is 1. The largest absolute Gasteiger partial charge is 0.388 e. The van der Waals surface area contributed by atoms with E-state index in [2.05, 4.69) is 5.32 Å². The molecule has 2 atom stereocenters. The Morgan fingerprint density at radius 3 is 2.62 bits per heavy atom. The maximum atomic E-state index is 13.1. The molecule has 4 rings (SSSR count). The molecule has 0 bridgehead atoms. The van der Waals surface area contributed by atoms with Crippen LogP contribution in [0.25, 0.3) is 0 Å². The lowest BCUT2D eigenvalue weighted by Gasteiger charge is -2.51. The quantitative estimate of drug-likeness (QED) is 0.784. The number of piperidine rings is 1. The first-order chi connectivity index (χ1) is 13.7. The monoisotopic (exact) mass is 400 g/mol. The van der Waals surface area contributed by atoms with E-state index in [1.54, 1.807) is 19.1 Å². The number of hydrogen-bond acceptors (Lipinski definition) is 5. The summed E-state index contributed by atoms with van der Waals surface area (Å²) in [5, 5.41) is 13.6. The molecule has 2 heterocycles. The van der Waals surface area contributed by atoms with Crippen LogP contribution >= 0.6 is 0 Å². The lowest BCUT2D eigenvalue weighted by Crippen LogP contribution is -2.64. The van der Waals surface area contributed by atoms with Gasteiger partial charge in [0.05, 0.1) is 23.9 Å². The number of nitrogens with zero attached hydrogens (tertiary/aromatic N) is 1. The third-order valence-electron chi connectivity index (χ3n) is 6.64. The molecule has 2 N–H and O–H groups in total. The number of Topliss-reactive ketones (excluding diaryl/α,β-unsaturated/α-hetero) is 1. The van der Waals surface area contributed by atoms with E-state index in [9.17, 15) is 19.5 Å². The third kappa shape index (κ3) is 3.69. The summed E-state index contributed by atoms with van der Waals surface area (Å²) in [6, 6.07) is 4.96. The van der Waals surface area contributed by atoms with E-state index in [1.165, 1.54) is 6.92 Å². The van der Waals surface area contributed by atoms with Gasteiger partial charge in [0.15, 0.2) is 5.78 Å². The Labute approximate surface area is 170 Å². The fraction of sp³-hybridized carbons (Fsp3) is 0.591. The maximum Gasteiger partial charge on any atom is 0.254 e. The van der Waals surface area contributed by atoms with Crippen molar-refractivity contribution < 1.29 is 24.2 Å². The van der Waals surface area contributed by atoms with Crippen LogP contribution in [0.5, 0.6) is 0 Å². The highest BCUT2D eigenvalue weighted by atomic mass is 16.5. The fourth-order valence-electron chi connectivity index (χ4n) is 5.01. The van der Waals surface area contributed by atoms with Crippen molar-refractivity contribution in [1.29, 1.82) is 0 Å². The van der Waals surface area contributed by atoms with Crippen molar-refractivity contribution in [3.8, 4) is 0 Å². The van der Waals surface area contributed by atoms with Gasteiger partial charge in [-0.3, -0.25) is 14.4 Å². The number of carbonyl (C=O) groups is 3. The fourth-order valence-corrected chi connectivity index (χ4v) is 5.01. The Morgan fingerprint density at radius 2 is 1.97 bits per heavy atom. The van der Waals surface area contributed by atoms with Crippen LogP contribution < -0.4 is 5.32 Å². The number of benzene rings is 1. The van der Waals surface area contributed by atoms with Gasteiger partial charge in [-0.25, -0.2) is 0 Å². The van der Waals surface area contributed by atoms with Gasteiger partial charge in [0.1, 0.15) is 0 Å². The van der Waals surface area contributed by atoms with E-state index < -0.39 is 17.2 Å². The first-order valence-corrected chi connectivity index (χ1v) is 10.3. The van der Waals surface area contributed by atoms with Gasteiger partial charge in [0.25, 0.3) is 5.91 Å². The highest BCUT2D eigenvalue weighted by Gasteiger charge is 2.49. The zero-order valence-electron chi connectivity index (χ0n) is 17.0. The highest BCUT2D eigenvalue weighted by Crippen LogP contribution is 2.40. The first-order valence-electron chi connectivity index (χ1n) is 10.3. The van der Waals surface area contributed by atoms with Crippen LogP contribution in [0, 0.1) is 0 Å². The average molecular weight is 400 g/mol. The van der Waals surface area contributed by atoms with Crippen molar-refractivity contribution in [2.45, 2.75) is 63.2 Å². The van der Waals surface area contributed by atoms with Crippen molar-refractivity contribution in [3.05, 3.63) is 34.9 Å². The molecule has 0 saturated carbocycles. The van der Waals surface area contributed by atoms with E-state index >= 15 is 0 Å². The summed E-state index contributed by atoms with van der Waals surface area (Å²) in [4.78, 5) is 38.3. The minimum atomic E-state index is -1.06. The van der Waals surface area contributed by atoms with Crippen molar-refractivity contribution in [1.82, 2.24) is 10.2 Å². The van der Waals surface area contributed by atoms with Gasteiger partial charge in [-0.1, -0.05) is 12.1 Å². The Balaban J connectivity index is 1.43. The minimum absolute atomic E-state index is 0.0370. The molecule has 2 aliphatic heterocycles. The molecule has 156 valence electrons. The number of ether oxygens (including phenoxy) is 1. The van der Waals surface area contributed by atoms with E-state index in [4.69, 9.17) is 4.74 Å². The lowest BCUT2D eigenvalue weighted by atomic mass is 9.75.